The second-order valence-corrected chi connectivity index (χ2v) is 7.53. The van der Waals surface area contributed by atoms with Crippen LogP contribution in [0.15, 0.2) is 22.9 Å². The van der Waals surface area contributed by atoms with E-state index in [9.17, 15) is 9.59 Å². The van der Waals surface area contributed by atoms with Crippen molar-refractivity contribution in [3.05, 3.63) is 41.1 Å². The Kier molecular flexibility index (Phi) is 3.89. The van der Waals surface area contributed by atoms with E-state index in [2.05, 4.69) is 10.4 Å². The first kappa shape index (κ1) is 16.9. The molecule has 7 nitrogen and oxygen atoms in total. The van der Waals surface area contributed by atoms with E-state index in [1.807, 2.05) is 38.2 Å². The van der Waals surface area contributed by atoms with Crippen LogP contribution in [-0.2, 0) is 11.8 Å². The Bertz CT molecular complexity index is 858. The summed E-state index contributed by atoms with van der Waals surface area (Å²) in [5.74, 6) is 1.62. The molecule has 4 rings (SSSR count). The minimum absolute atomic E-state index is 0.0106. The largest absolute Gasteiger partial charge is 0.466 e. The molecule has 2 aromatic rings. The highest BCUT2D eigenvalue weighted by atomic mass is 16.3. The molecule has 0 bridgehead atoms. The first-order valence-electron chi connectivity index (χ1n) is 9.04. The van der Waals surface area contributed by atoms with E-state index >= 15 is 0 Å². The normalized spacial score (nSPS) is 22.0. The Balaban J connectivity index is 1.52. The predicted molar refractivity (Wildman–Crippen MR) is 94.8 cm³/mol. The summed E-state index contributed by atoms with van der Waals surface area (Å²) in [7, 11) is 1.89. The number of aryl methyl sites for hydroxylation is 3. The highest BCUT2D eigenvalue weighted by molar-refractivity contribution is 5.95. The summed E-state index contributed by atoms with van der Waals surface area (Å²) >= 11 is 0. The van der Waals surface area contributed by atoms with Crippen LogP contribution >= 0.6 is 0 Å². The molecular formula is C19H24N4O3. The number of carbonyl (C=O) groups excluding carboxylic acids is 2. The van der Waals surface area contributed by atoms with Crippen LogP contribution in [-0.4, -0.2) is 45.1 Å². The maximum atomic E-state index is 12.8. The molecule has 26 heavy (non-hydrogen) atoms. The quantitative estimate of drug-likeness (QED) is 0.891. The predicted octanol–water partition coefficient (Wildman–Crippen LogP) is 1.91. The topological polar surface area (TPSA) is 80.4 Å². The van der Waals surface area contributed by atoms with Gasteiger partial charge in [-0.05, 0) is 38.3 Å². The van der Waals surface area contributed by atoms with Gasteiger partial charge in [-0.3, -0.25) is 14.3 Å². The first-order chi connectivity index (χ1) is 12.4. The Labute approximate surface area is 152 Å². The van der Waals surface area contributed by atoms with Crippen LogP contribution < -0.4 is 5.32 Å². The minimum Gasteiger partial charge on any atom is -0.466 e. The van der Waals surface area contributed by atoms with Crippen molar-refractivity contribution in [1.29, 1.82) is 0 Å². The van der Waals surface area contributed by atoms with Gasteiger partial charge in [0.15, 0.2) is 0 Å². The fourth-order valence-electron chi connectivity index (χ4n) is 4.45. The summed E-state index contributed by atoms with van der Waals surface area (Å²) in [6.45, 7) is 4.92. The summed E-state index contributed by atoms with van der Waals surface area (Å²) in [6.07, 6.45) is 5.82. The highest BCUT2D eigenvalue weighted by Crippen LogP contribution is 2.43. The maximum Gasteiger partial charge on any atom is 0.257 e. The zero-order chi connectivity index (χ0) is 18.5. The van der Waals surface area contributed by atoms with Crippen LogP contribution in [0.5, 0.6) is 0 Å². The monoisotopic (exact) mass is 356 g/mol. The van der Waals surface area contributed by atoms with Crippen molar-refractivity contribution < 1.29 is 14.0 Å². The van der Waals surface area contributed by atoms with Crippen molar-refractivity contribution in [2.75, 3.05) is 13.1 Å². The number of hydrogen-bond donors (Lipinski definition) is 1. The van der Waals surface area contributed by atoms with E-state index in [-0.39, 0.29) is 23.3 Å². The number of nitrogens with zero attached hydrogens (tertiary/aromatic N) is 3. The van der Waals surface area contributed by atoms with Crippen molar-refractivity contribution in [1.82, 2.24) is 20.0 Å². The fraction of sp³-hybridized carbons (Fsp3) is 0.526. The number of hydrogen-bond acceptors (Lipinski definition) is 4. The van der Waals surface area contributed by atoms with Crippen LogP contribution in [0.4, 0.5) is 0 Å². The van der Waals surface area contributed by atoms with Crippen LogP contribution in [0.3, 0.4) is 0 Å². The molecule has 2 aliphatic heterocycles. The molecule has 1 spiro atoms. The average molecular weight is 356 g/mol. The highest BCUT2D eigenvalue weighted by Gasteiger charge is 2.49. The second kappa shape index (κ2) is 6.00. The summed E-state index contributed by atoms with van der Waals surface area (Å²) in [5.41, 5.74) is 1.45. The summed E-state index contributed by atoms with van der Waals surface area (Å²) in [5, 5.41) is 7.47. The molecule has 0 aliphatic carbocycles. The van der Waals surface area contributed by atoms with Crippen LogP contribution in [0, 0.1) is 13.8 Å². The zero-order valence-electron chi connectivity index (χ0n) is 15.4. The molecule has 1 atom stereocenters. The van der Waals surface area contributed by atoms with Crippen LogP contribution in [0.2, 0.25) is 0 Å². The second-order valence-electron chi connectivity index (χ2n) is 7.53. The Morgan fingerprint density at radius 3 is 2.65 bits per heavy atom. The van der Waals surface area contributed by atoms with Crippen molar-refractivity contribution in [2.24, 2.45) is 7.05 Å². The third kappa shape index (κ3) is 2.71. The Morgan fingerprint density at radius 1 is 1.35 bits per heavy atom. The lowest BCUT2D eigenvalue weighted by atomic mass is 9.75. The van der Waals surface area contributed by atoms with Gasteiger partial charge >= 0.3 is 0 Å². The van der Waals surface area contributed by atoms with Gasteiger partial charge in [-0.1, -0.05) is 0 Å². The summed E-state index contributed by atoms with van der Waals surface area (Å²) in [4.78, 5) is 26.9. The molecule has 2 aliphatic rings. The third-order valence-corrected chi connectivity index (χ3v) is 5.79. The van der Waals surface area contributed by atoms with E-state index < -0.39 is 0 Å². The molecule has 7 heteroatoms. The molecule has 1 unspecified atom stereocenters. The van der Waals surface area contributed by atoms with E-state index in [1.54, 1.807) is 10.7 Å². The van der Waals surface area contributed by atoms with Crippen molar-refractivity contribution in [3.8, 4) is 0 Å². The lowest BCUT2D eigenvalue weighted by Gasteiger charge is -2.42. The molecule has 2 amide bonds. The van der Waals surface area contributed by atoms with E-state index in [1.165, 1.54) is 0 Å². The average Bonchev–Trinajstić information content (AvgIpc) is 3.25. The zero-order valence-corrected chi connectivity index (χ0v) is 15.4. The maximum absolute atomic E-state index is 12.8. The van der Waals surface area contributed by atoms with Gasteiger partial charge in [-0.2, -0.15) is 5.10 Å². The molecule has 2 fully saturated rings. The number of rotatable bonds is 2. The van der Waals surface area contributed by atoms with Gasteiger partial charge in [0.2, 0.25) is 5.91 Å². The van der Waals surface area contributed by atoms with Gasteiger partial charge in [-0.15, -0.1) is 0 Å². The van der Waals surface area contributed by atoms with Gasteiger partial charge in [0.05, 0.1) is 17.3 Å². The first-order valence-corrected chi connectivity index (χ1v) is 9.04. The van der Waals surface area contributed by atoms with Gasteiger partial charge in [-0.25, -0.2) is 0 Å². The molecule has 138 valence electrons. The lowest BCUT2D eigenvalue weighted by Crippen LogP contribution is -2.54. The van der Waals surface area contributed by atoms with E-state index in [0.29, 0.717) is 30.8 Å². The number of carbonyl (C=O) groups is 2. The number of nitrogens with one attached hydrogen (secondary N) is 1. The van der Waals surface area contributed by atoms with E-state index in [4.69, 9.17) is 4.42 Å². The third-order valence-electron chi connectivity index (χ3n) is 5.79. The van der Waals surface area contributed by atoms with Crippen molar-refractivity contribution in [3.63, 3.8) is 0 Å². The standard InChI is InChI=1S/C19H24N4O3/c1-12-8-15(13(2)26-12)18(25)23-6-4-19(5-7-23)16(9-17(24)21-19)14-10-20-22(3)11-14/h8,10-11,16H,4-7,9H2,1-3H3,(H,21,24). The Morgan fingerprint density at radius 2 is 2.08 bits per heavy atom. The molecular weight excluding hydrogens is 332 g/mol. The number of aromatic nitrogens is 2. The molecule has 2 aromatic heterocycles. The van der Waals surface area contributed by atoms with Gasteiger partial charge in [0.1, 0.15) is 11.5 Å². The Hall–Kier alpha value is -2.57. The van der Waals surface area contributed by atoms with Crippen molar-refractivity contribution in [2.45, 2.75) is 44.6 Å². The fourth-order valence-corrected chi connectivity index (χ4v) is 4.45. The lowest BCUT2D eigenvalue weighted by molar-refractivity contribution is -0.120. The molecule has 1 N–H and O–H groups in total. The molecule has 2 saturated heterocycles. The number of likely N-dealkylation sites (tertiary alicyclic amines) is 1. The SMILES string of the molecule is Cc1cc(C(=O)N2CCC3(CC2)NC(=O)CC3c2cnn(C)c2)c(C)o1. The minimum atomic E-state index is -0.280. The number of piperidine rings is 1. The molecule has 0 radical (unpaired) electrons. The van der Waals surface area contributed by atoms with Gasteiger partial charge in [0, 0.05) is 38.7 Å². The number of furan rings is 1. The molecule has 0 saturated carbocycles. The van der Waals surface area contributed by atoms with Crippen molar-refractivity contribution >= 4 is 11.8 Å². The number of amides is 2. The van der Waals surface area contributed by atoms with E-state index in [0.717, 1.165) is 24.2 Å². The van der Waals surface area contributed by atoms with Gasteiger partial charge in [0.25, 0.3) is 5.91 Å². The van der Waals surface area contributed by atoms with Gasteiger partial charge < -0.3 is 14.6 Å². The summed E-state index contributed by atoms with van der Waals surface area (Å²) < 4.78 is 7.27. The van der Waals surface area contributed by atoms with Crippen LogP contribution in [0.1, 0.15) is 52.6 Å². The van der Waals surface area contributed by atoms with Crippen LogP contribution in [0.25, 0.3) is 0 Å². The smallest absolute Gasteiger partial charge is 0.257 e. The molecule has 4 heterocycles. The molecule has 0 aromatic carbocycles. The summed E-state index contributed by atoms with van der Waals surface area (Å²) in [6, 6.07) is 1.80.